The Morgan fingerprint density at radius 3 is 2.50 bits per heavy atom. The molecular weight excluding hydrogens is 323 g/mol. The minimum Gasteiger partial charge on any atom is -0.492 e. The van der Waals surface area contributed by atoms with Gasteiger partial charge in [0, 0.05) is 6.54 Å². The van der Waals surface area contributed by atoms with Crippen molar-refractivity contribution in [1.82, 2.24) is 0 Å². The van der Waals surface area contributed by atoms with Gasteiger partial charge in [-0.3, -0.25) is 0 Å². The molecule has 0 radical (unpaired) electrons. The Bertz CT molecular complexity index is 729. The average molecular weight is 339 g/mol. The summed E-state index contributed by atoms with van der Waals surface area (Å²) in [5.74, 6) is -0.422. The predicted octanol–water partition coefficient (Wildman–Crippen LogP) is 3.50. The van der Waals surface area contributed by atoms with Crippen molar-refractivity contribution in [3.63, 3.8) is 0 Å². The number of carbonyl (C=O) groups is 1. The minimum absolute atomic E-state index is 0.0478. The van der Waals surface area contributed by atoms with Gasteiger partial charge in [-0.1, -0.05) is 18.2 Å². The lowest BCUT2D eigenvalue weighted by molar-refractivity contribution is -0.137. The molecule has 2 aromatic rings. The number of carbonyl (C=O) groups excluding carboxylic acids is 1. The molecule has 0 atom stereocenters. The van der Waals surface area contributed by atoms with Gasteiger partial charge >= 0.3 is 12.1 Å². The fourth-order valence-electron chi connectivity index (χ4n) is 2.23. The van der Waals surface area contributed by atoms with Crippen LogP contribution in [-0.2, 0) is 10.9 Å². The Morgan fingerprint density at radius 1 is 1.17 bits per heavy atom. The number of hydrogen-bond acceptors (Lipinski definition) is 4. The van der Waals surface area contributed by atoms with Crippen LogP contribution >= 0.6 is 0 Å². The van der Waals surface area contributed by atoms with E-state index < -0.39 is 17.7 Å². The van der Waals surface area contributed by atoms with E-state index in [4.69, 9.17) is 10.5 Å². The van der Waals surface area contributed by atoms with Gasteiger partial charge in [0.1, 0.15) is 12.4 Å². The molecule has 0 spiro atoms. The van der Waals surface area contributed by atoms with Crippen molar-refractivity contribution in [3.8, 4) is 16.9 Å². The molecule has 0 fully saturated rings. The highest BCUT2D eigenvalue weighted by Gasteiger charge is 2.33. The molecule has 2 N–H and O–H groups in total. The van der Waals surface area contributed by atoms with Gasteiger partial charge in [-0.15, -0.1) is 0 Å². The monoisotopic (exact) mass is 339 g/mol. The molecule has 0 unspecified atom stereocenters. The molecule has 0 bridgehead atoms. The smallest absolute Gasteiger partial charge is 0.417 e. The maximum absolute atomic E-state index is 13.2. The second-order valence-corrected chi connectivity index (χ2v) is 4.92. The Labute approximate surface area is 137 Å². The first-order valence-corrected chi connectivity index (χ1v) is 7.09. The van der Waals surface area contributed by atoms with Crippen molar-refractivity contribution in [2.24, 2.45) is 5.73 Å². The number of hydrogen-bond donors (Lipinski definition) is 1. The van der Waals surface area contributed by atoms with Gasteiger partial charge in [0.25, 0.3) is 0 Å². The van der Waals surface area contributed by atoms with Gasteiger partial charge in [-0.05, 0) is 35.4 Å². The molecule has 0 amide bonds. The molecule has 0 heterocycles. The highest BCUT2D eigenvalue weighted by atomic mass is 19.4. The maximum Gasteiger partial charge on any atom is 0.417 e. The van der Waals surface area contributed by atoms with Gasteiger partial charge in [-0.25, -0.2) is 4.79 Å². The predicted molar refractivity (Wildman–Crippen MR) is 82.8 cm³/mol. The van der Waals surface area contributed by atoms with Crippen molar-refractivity contribution in [2.45, 2.75) is 6.18 Å². The number of ether oxygens (including phenoxy) is 2. The number of alkyl halides is 3. The zero-order valence-corrected chi connectivity index (χ0v) is 12.9. The van der Waals surface area contributed by atoms with Crippen LogP contribution < -0.4 is 10.5 Å². The summed E-state index contributed by atoms with van der Waals surface area (Å²) in [6.45, 7) is 0.405. The van der Waals surface area contributed by atoms with Crippen LogP contribution in [0.2, 0.25) is 0 Å². The lowest BCUT2D eigenvalue weighted by Gasteiger charge is -2.15. The Balaban J connectivity index is 2.59. The van der Waals surface area contributed by atoms with E-state index in [-0.39, 0.29) is 35.6 Å². The van der Waals surface area contributed by atoms with E-state index in [0.717, 1.165) is 6.07 Å². The summed E-state index contributed by atoms with van der Waals surface area (Å²) in [6, 6.07) is 9.31. The molecule has 128 valence electrons. The molecule has 0 aliphatic heterocycles. The SMILES string of the molecule is COC(=O)c1cc(OCCN)cc(-c2ccccc2C(F)(F)F)c1. The summed E-state index contributed by atoms with van der Waals surface area (Å²) < 4.78 is 49.7. The van der Waals surface area contributed by atoms with Crippen LogP contribution in [0.5, 0.6) is 5.75 Å². The number of nitrogens with two attached hydrogens (primary N) is 1. The van der Waals surface area contributed by atoms with Crippen LogP contribution in [0.3, 0.4) is 0 Å². The molecule has 24 heavy (non-hydrogen) atoms. The first-order valence-electron chi connectivity index (χ1n) is 7.09. The summed E-state index contributed by atoms with van der Waals surface area (Å²) >= 11 is 0. The lowest BCUT2D eigenvalue weighted by atomic mass is 9.97. The Hall–Kier alpha value is -2.54. The zero-order chi connectivity index (χ0) is 17.7. The number of halogens is 3. The van der Waals surface area contributed by atoms with Gasteiger partial charge in [0.05, 0.1) is 18.2 Å². The normalized spacial score (nSPS) is 11.2. The third kappa shape index (κ3) is 4.05. The number of rotatable bonds is 5. The van der Waals surface area contributed by atoms with Gasteiger partial charge in [-0.2, -0.15) is 13.2 Å². The quantitative estimate of drug-likeness (QED) is 0.847. The molecule has 0 aromatic heterocycles. The minimum atomic E-state index is -4.52. The van der Waals surface area contributed by atoms with E-state index >= 15 is 0 Å². The number of esters is 1. The summed E-state index contributed by atoms with van der Waals surface area (Å²) in [4.78, 5) is 11.8. The van der Waals surface area contributed by atoms with Crippen LogP contribution in [0.4, 0.5) is 13.2 Å². The van der Waals surface area contributed by atoms with E-state index in [1.807, 2.05) is 0 Å². The summed E-state index contributed by atoms with van der Waals surface area (Å²) in [7, 11) is 1.19. The fraction of sp³-hybridized carbons (Fsp3) is 0.235. The van der Waals surface area contributed by atoms with E-state index in [0.29, 0.717) is 0 Å². The van der Waals surface area contributed by atoms with E-state index in [9.17, 15) is 18.0 Å². The second kappa shape index (κ2) is 7.35. The van der Waals surface area contributed by atoms with Crippen molar-refractivity contribution < 1.29 is 27.4 Å². The Morgan fingerprint density at radius 2 is 1.88 bits per heavy atom. The summed E-state index contributed by atoms with van der Waals surface area (Å²) in [6.07, 6.45) is -4.52. The lowest BCUT2D eigenvalue weighted by Crippen LogP contribution is -2.11. The Kier molecular flexibility index (Phi) is 5.46. The maximum atomic E-state index is 13.2. The van der Waals surface area contributed by atoms with Gasteiger partial charge in [0.15, 0.2) is 0 Å². The molecule has 7 heteroatoms. The van der Waals surface area contributed by atoms with E-state index in [1.165, 1.54) is 43.5 Å². The zero-order valence-electron chi connectivity index (χ0n) is 12.9. The molecular formula is C17H16F3NO3. The molecule has 0 aliphatic rings. The van der Waals surface area contributed by atoms with Crippen LogP contribution in [0.25, 0.3) is 11.1 Å². The molecule has 2 aromatic carbocycles. The number of benzene rings is 2. The van der Waals surface area contributed by atoms with Crippen molar-refractivity contribution >= 4 is 5.97 Å². The highest BCUT2D eigenvalue weighted by molar-refractivity contribution is 5.92. The molecule has 0 saturated heterocycles. The molecule has 4 nitrogen and oxygen atoms in total. The van der Waals surface area contributed by atoms with E-state index in [1.54, 1.807) is 0 Å². The third-order valence-corrected chi connectivity index (χ3v) is 3.26. The second-order valence-electron chi connectivity index (χ2n) is 4.92. The average Bonchev–Trinajstić information content (AvgIpc) is 2.58. The first kappa shape index (κ1) is 17.8. The molecule has 2 rings (SSSR count). The molecule has 0 aliphatic carbocycles. The van der Waals surface area contributed by atoms with Crippen LogP contribution in [-0.4, -0.2) is 26.2 Å². The number of methoxy groups -OCH3 is 1. The largest absolute Gasteiger partial charge is 0.492 e. The van der Waals surface area contributed by atoms with Crippen molar-refractivity contribution in [3.05, 3.63) is 53.6 Å². The van der Waals surface area contributed by atoms with Crippen LogP contribution in [0, 0.1) is 0 Å². The van der Waals surface area contributed by atoms with Crippen molar-refractivity contribution in [1.29, 1.82) is 0 Å². The third-order valence-electron chi connectivity index (χ3n) is 3.26. The van der Waals surface area contributed by atoms with Gasteiger partial charge < -0.3 is 15.2 Å². The van der Waals surface area contributed by atoms with E-state index in [2.05, 4.69) is 4.74 Å². The van der Waals surface area contributed by atoms with Crippen LogP contribution in [0.1, 0.15) is 15.9 Å². The standard InChI is InChI=1S/C17H16F3NO3/c1-23-16(22)12-8-11(9-13(10-12)24-7-6-21)14-4-2-3-5-15(14)17(18,19)20/h2-5,8-10H,6-7,21H2,1H3. The highest BCUT2D eigenvalue weighted by Crippen LogP contribution is 2.38. The van der Waals surface area contributed by atoms with Gasteiger partial charge in [0.2, 0.25) is 0 Å². The summed E-state index contributed by atoms with van der Waals surface area (Å²) in [5.41, 5.74) is 4.83. The van der Waals surface area contributed by atoms with Crippen molar-refractivity contribution in [2.75, 3.05) is 20.3 Å². The fourth-order valence-corrected chi connectivity index (χ4v) is 2.23. The topological polar surface area (TPSA) is 61.5 Å². The molecule has 0 saturated carbocycles. The summed E-state index contributed by atoms with van der Waals surface area (Å²) in [5, 5.41) is 0. The van der Waals surface area contributed by atoms with Crippen LogP contribution in [0.15, 0.2) is 42.5 Å². The first-order chi connectivity index (χ1) is 11.4.